The number of ketones is 1. The number of benzene rings is 2. The molecule has 0 bridgehead atoms. The van der Waals surface area contributed by atoms with E-state index in [9.17, 15) is 9.90 Å². The van der Waals surface area contributed by atoms with Crippen LogP contribution in [0.5, 0.6) is 23.0 Å². The van der Waals surface area contributed by atoms with Crippen LogP contribution in [0.2, 0.25) is 0 Å². The van der Waals surface area contributed by atoms with E-state index in [-0.39, 0.29) is 29.6 Å². The van der Waals surface area contributed by atoms with E-state index in [1.165, 1.54) is 6.07 Å². The third-order valence-electron chi connectivity index (χ3n) is 4.97. The number of hydrogen-bond donors (Lipinski definition) is 1. The van der Waals surface area contributed by atoms with Gasteiger partial charge in [0.1, 0.15) is 34.2 Å². The summed E-state index contributed by atoms with van der Waals surface area (Å²) >= 11 is 0. The average Bonchev–Trinajstić information content (AvgIpc) is 2.63. The molecule has 0 radical (unpaired) electrons. The fourth-order valence-electron chi connectivity index (χ4n) is 3.53. The van der Waals surface area contributed by atoms with Crippen molar-refractivity contribution in [1.82, 2.24) is 0 Å². The van der Waals surface area contributed by atoms with Gasteiger partial charge in [0.05, 0.1) is 25.2 Å². The first-order chi connectivity index (χ1) is 12.9. The van der Waals surface area contributed by atoms with Gasteiger partial charge in [0.15, 0.2) is 5.78 Å². The van der Waals surface area contributed by atoms with E-state index in [2.05, 4.69) is 0 Å². The van der Waals surface area contributed by atoms with Gasteiger partial charge in [0.2, 0.25) is 0 Å². The first kappa shape index (κ1) is 17.5. The van der Waals surface area contributed by atoms with Crippen LogP contribution in [-0.2, 0) is 6.42 Å². The van der Waals surface area contributed by atoms with Crippen molar-refractivity contribution in [1.29, 1.82) is 0 Å². The monoisotopic (exact) mass is 366 g/mol. The molecular weight excluding hydrogens is 344 g/mol. The van der Waals surface area contributed by atoms with Gasteiger partial charge in [-0.05, 0) is 50.1 Å². The normalized spacial score (nSPS) is 19.5. The van der Waals surface area contributed by atoms with Gasteiger partial charge >= 0.3 is 0 Å². The second-order valence-corrected chi connectivity index (χ2v) is 7.47. The van der Waals surface area contributed by atoms with Crippen molar-refractivity contribution in [3.05, 3.63) is 53.1 Å². The molecule has 2 aromatic rings. The van der Waals surface area contributed by atoms with Crippen molar-refractivity contribution in [3.8, 4) is 23.0 Å². The van der Waals surface area contributed by atoms with Gasteiger partial charge in [-0.15, -0.1) is 0 Å². The second-order valence-electron chi connectivity index (χ2n) is 7.47. The first-order valence-corrected chi connectivity index (χ1v) is 8.96. The molecule has 1 N–H and O–H groups in total. The number of phenolic OH excluding ortho intramolecular Hbond substituents is 1. The third kappa shape index (κ3) is 3.14. The summed E-state index contributed by atoms with van der Waals surface area (Å²) in [5.41, 5.74) is 1.50. The van der Waals surface area contributed by atoms with Crippen LogP contribution in [0.15, 0.2) is 36.4 Å². The SMILES string of the molecule is COc1ccc(C[C@H]2COc3c4c(cc(O)c3C2=O)OC(C)(C)C=C4)cc1. The highest BCUT2D eigenvalue weighted by Gasteiger charge is 2.36. The maximum absolute atomic E-state index is 13.0. The minimum atomic E-state index is -0.469. The molecule has 0 fully saturated rings. The molecule has 140 valence electrons. The summed E-state index contributed by atoms with van der Waals surface area (Å²) in [5.74, 6) is 1.16. The third-order valence-corrected chi connectivity index (χ3v) is 4.97. The number of carbonyl (C=O) groups excluding carboxylic acids is 1. The van der Waals surface area contributed by atoms with Crippen LogP contribution in [0.3, 0.4) is 0 Å². The van der Waals surface area contributed by atoms with Crippen LogP contribution in [0.1, 0.15) is 35.3 Å². The number of ether oxygens (including phenoxy) is 3. The summed E-state index contributed by atoms with van der Waals surface area (Å²) in [5, 5.41) is 10.5. The standard InChI is InChI=1S/C22H22O5/c1-22(2)9-8-16-18(27-22)11-17(23)19-20(24)14(12-26-21(16)19)10-13-4-6-15(25-3)7-5-13/h4-9,11,14,23H,10,12H2,1-3H3/t14-/m0/s1. The lowest BCUT2D eigenvalue weighted by Crippen LogP contribution is -2.32. The number of Topliss-reactive ketones (excluding diaryl/α,β-unsaturated/α-hetero) is 1. The van der Waals surface area contributed by atoms with Gasteiger partial charge in [0.25, 0.3) is 0 Å². The Hall–Kier alpha value is -2.95. The molecule has 27 heavy (non-hydrogen) atoms. The van der Waals surface area contributed by atoms with Crippen molar-refractivity contribution in [2.24, 2.45) is 5.92 Å². The molecule has 0 amide bonds. The zero-order chi connectivity index (χ0) is 19.2. The zero-order valence-electron chi connectivity index (χ0n) is 15.6. The van der Waals surface area contributed by atoms with Crippen molar-refractivity contribution in [2.75, 3.05) is 13.7 Å². The van der Waals surface area contributed by atoms with Gasteiger partial charge in [-0.3, -0.25) is 4.79 Å². The smallest absolute Gasteiger partial charge is 0.177 e. The Morgan fingerprint density at radius 2 is 2.00 bits per heavy atom. The summed E-state index contributed by atoms with van der Waals surface area (Å²) in [6, 6.07) is 9.13. The quantitative estimate of drug-likeness (QED) is 0.889. The highest BCUT2D eigenvalue weighted by molar-refractivity contribution is 6.05. The van der Waals surface area contributed by atoms with E-state index in [1.54, 1.807) is 7.11 Å². The summed E-state index contributed by atoms with van der Waals surface area (Å²) in [7, 11) is 1.62. The topological polar surface area (TPSA) is 65.0 Å². The van der Waals surface area contributed by atoms with E-state index in [0.717, 1.165) is 11.3 Å². The molecule has 5 nitrogen and oxygen atoms in total. The number of aromatic hydroxyl groups is 1. The number of hydrogen-bond acceptors (Lipinski definition) is 5. The molecule has 0 saturated carbocycles. The number of phenols is 1. The van der Waals surface area contributed by atoms with Crippen LogP contribution in [-0.4, -0.2) is 30.2 Å². The second kappa shape index (κ2) is 6.34. The van der Waals surface area contributed by atoms with Crippen molar-refractivity contribution < 1.29 is 24.1 Å². The van der Waals surface area contributed by atoms with Crippen LogP contribution < -0.4 is 14.2 Å². The molecule has 2 aliphatic rings. The number of fused-ring (bicyclic) bond motifs is 3. The van der Waals surface area contributed by atoms with Crippen LogP contribution in [0, 0.1) is 5.92 Å². The minimum absolute atomic E-state index is 0.0979. The Morgan fingerprint density at radius 3 is 2.70 bits per heavy atom. The molecule has 0 saturated heterocycles. The highest BCUT2D eigenvalue weighted by Crippen LogP contribution is 2.46. The minimum Gasteiger partial charge on any atom is -0.507 e. The Bertz CT molecular complexity index is 925. The Balaban J connectivity index is 1.64. The van der Waals surface area contributed by atoms with Crippen LogP contribution in [0.4, 0.5) is 0 Å². The van der Waals surface area contributed by atoms with Crippen LogP contribution in [0.25, 0.3) is 6.08 Å². The van der Waals surface area contributed by atoms with Gasteiger partial charge < -0.3 is 19.3 Å². The molecule has 0 aromatic heterocycles. The predicted molar refractivity (Wildman–Crippen MR) is 102 cm³/mol. The maximum atomic E-state index is 13.0. The lowest BCUT2D eigenvalue weighted by Gasteiger charge is -2.32. The number of methoxy groups -OCH3 is 1. The fraction of sp³-hybridized carbons (Fsp3) is 0.318. The summed E-state index contributed by atoms with van der Waals surface area (Å²) in [4.78, 5) is 13.0. The predicted octanol–water partition coefficient (Wildman–Crippen LogP) is 4.02. The molecule has 5 heteroatoms. The molecule has 0 aliphatic carbocycles. The van der Waals surface area contributed by atoms with Crippen LogP contribution >= 0.6 is 0 Å². The Kier molecular flexibility index (Phi) is 4.10. The molecule has 0 spiro atoms. The van der Waals surface area contributed by atoms with E-state index >= 15 is 0 Å². The Labute approximate surface area is 158 Å². The molecular formula is C22H22O5. The fourth-order valence-corrected chi connectivity index (χ4v) is 3.53. The van der Waals surface area contributed by atoms with Crippen molar-refractivity contribution >= 4 is 11.9 Å². The lowest BCUT2D eigenvalue weighted by atomic mass is 9.87. The largest absolute Gasteiger partial charge is 0.507 e. The van der Waals surface area contributed by atoms with E-state index < -0.39 is 5.60 Å². The summed E-state index contributed by atoms with van der Waals surface area (Å²) in [6.07, 6.45) is 4.36. The summed E-state index contributed by atoms with van der Waals surface area (Å²) in [6.45, 7) is 4.13. The molecule has 4 rings (SSSR count). The molecule has 1 atom stereocenters. The first-order valence-electron chi connectivity index (χ1n) is 8.96. The molecule has 2 aromatic carbocycles. The van der Waals surface area contributed by atoms with Crippen molar-refractivity contribution in [2.45, 2.75) is 25.9 Å². The van der Waals surface area contributed by atoms with Gasteiger partial charge in [-0.1, -0.05) is 12.1 Å². The van der Waals surface area contributed by atoms with Gasteiger partial charge in [0, 0.05) is 6.07 Å². The lowest BCUT2D eigenvalue weighted by molar-refractivity contribution is 0.0823. The highest BCUT2D eigenvalue weighted by atomic mass is 16.5. The van der Waals surface area contributed by atoms with E-state index in [0.29, 0.717) is 23.5 Å². The number of rotatable bonds is 3. The van der Waals surface area contributed by atoms with Gasteiger partial charge in [-0.25, -0.2) is 0 Å². The molecule has 2 heterocycles. The summed E-state index contributed by atoms with van der Waals surface area (Å²) < 4.78 is 17.0. The zero-order valence-corrected chi connectivity index (χ0v) is 15.6. The molecule has 2 aliphatic heterocycles. The molecule has 0 unspecified atom stereocenters. The van der Waals surface area contributed by atoms with E-state index in [4.69, 9.17) is 14.2 Å². The van der Waals surface area contributed by atoms with E-state index in [1.807, 2.05) is 50.3 Å². The van der Waals surface area contributed by atoms with Crippen molar-refractivity contribution in [3.63, 3.8) is 0 Å². The Morgan fingerprint density at radius 1 is 1.26 bits per heavy atom. The number of carbonyl (C=O) groups is 1. The maximum Gasteiger partial charge on any atom is 0.177 e. The average molecular weight is 366 g/mol. The van der Waals surface area contributed by atoms with Gasteiger partial charge in [-0.2, -0.15) is 0 Å².